The molecule has 0 amide bonds. The Labute approximate surface area is 145 Å². The number of hydrogen-bond acceptors (Lipinski definition) is 4. The minimum Gasteiger partial charge on any atom is -0.456 e. The smallest absolute Gasteiger partial charge is 0.416 e. The van der Waals surface area contributed by atoms with Gasteiger partial charge in [-0.3, -0.25) is 9.20 Å². The van der Waals surface area contributed by atoms with Crippen LogP contribution < -0.4 is 5.56 Å². The molecule has 3 aromatic rings. The fraction of sp³-hybridized carbons (Fsp3) is 0.167. The lowest BCUT2D eigenvalue weighted by molar-refractivity contribution is -0.137. The number of aryl methyl sites for hydroxylation is 1. The third-order valence-corrected chi connectivity index (χ3v) is 3.73. The first-order valence-corrected chi connectivity index (χ1v) is 7.58. The number of hydrogen-bond donors (Lipinski definition) is 0. The highest BCUT2D eigenvalue weighted by Gasteiger charge is 2.30. The van der Waals surface area contributed by atoms with Crippen LogP contribution in [0.1, 0.15) is 27.3 Å². The molecule has 8 heteroatoms. The standard InChI is InChI=1S/C18H13F3N2O3/c1-11-3-2-4-15-22-14(9-16(24)23(11)15)10-26-17(25)12-5-7-13(8-6-12)18(19,20)21/h2-9H,10H2,1H3. The van der Waals surface area contributed by atoms with Crippen molar-refractivity contribution >= 4 is 11.6 Å². The van der Waals surface area contributed by atoms with Gasteiger partial charge in [-0.2, -0.15) is 13.2 Å². The maximum absolute atomic E-state index is 12.5. The number of nitrogens with zero attached hydrogens (tertiary/aromatic N) is 2. The number of ether oxygens (including phenoxy) is 1. The van der Waals surface area contributed by atoms with E-state index in [0.29, 0.717) is 11.3 Å². The number of halogens is 3. The van der Waals surface area contributed by atoms with Gasteiger partial charge >= 0.3 is 12.1 Å². The van der Waals surface area contributed by atoms with Gasteiger partial charge < -0.3 is 4.74 Å². The second-order valence-corrected chi connectivity index (χ2v) is 5.60. The number of rotatable bonds is 3. The second kappa shape index (κ2) is 6.62. The summed E-state index contributed by atoms with van der Waals surface area (Å²) in [6, 6.07) is 10.1. The number of aromatic nitrogens is 2. The fourth-order valence-electron chi connectivity index (χ4n) is 2.46. The molecule has 0 aliphatic heterocycles. The summed E-state index contributed by atoms with van der Waals surface area (Å²) < 4.78 is 44.0. The minimum atomic E-state index is -4.47. The highest BCUT2D eigenvalue weighted by molar-refractivity contribution is 5.89. The first kappa shape index (κ1) is 17.7. The minimum absolute atomic E-state index is 0.0219. The van der Waals surface area contributed by atoms with E-state index in [9.17, 15) is 22.8 Å². The van der Waals surface area contributed by atoms with Crippen molar-refractivity contribution < 1.29 is 22.7 Å². The highest BCUT2D eigenvalue weighted by atomic mass is 19.4. The molecule has 0 radical (unpaired) electrons. The summed E-state index contributed by atoms with van der Waals surface area (Å²) >= 11 is 0. The summed E-state index contributed by atoms with van der Waals surface area (Å²) in [6.45, 7) is 1.50. The molecule has 134 valence electrons. The first-order chi connectivity index (χ1) is 12.3. The maximum Gasteiger partial charge on any atom is 0.416 e. The van der Waals surface area contributed by atoms with Crippen LogP contribution >= 0.6 is 0 Å². The number of carbonyl (C=O) groups excluding carboxylic acids is 1. The number of fused-ring (bicyclic) bond motifs is 1. The summed E-state index contributed by atoms with van der Waals surface area (Å²) in [6.07, 6.45) is -4.47. The van der Waals surface area contributed by atoms with Crippen LogP contribution in [0.25, 0.3) is 5.65 Å². The Morgan fingerprint density at radius 1 is 1.15 bits per heavy atom. The maximum atomic E-state index is 12.5. The Morgan fingerprint density at radius 2 is 1.85 bits per heavy atom. The molecular weight excluding hydrogens is 349 g/mol. The predicted molar refractivity (Wildman–Crippen MR) is 86.8 cm³/mol. The molecule has 3 rings (SSSR count). The normalized spacial score (nSPS) is 11.5. The zero-order valence-corrected chi connectivity index (χ0v) is 13.6. The molecule has 5 nitrogen and oxygen atoms in total. The zero-order valence-electron chi connectivity index (χ0n) is 13.6. The molecule has 0 atom stereocenters. The van der Waals surface area contributed by atoms with Gasteiger partial charge in [0.15, 0.2) is 0 Å². The molecule has 0 saturated carbocycles. The lowest BCUT2D eigenvalue weighted by Gasteiger charge is -2.09. The van der Waals surface area contributed by atoms with Crippen LogP contribution in [0.15, 0.2) is 53.3 Å². The summed E-state index contributed by atoms with van der Waals surface area (Å²) in [7, 11) is 0. The third kappa shape index (κ3) is 3.58. The molecule has 26 heavy (non-hydrogen) atoms. The summed E-state index contributed by atoms with van der Waals surface area (Å²) in [4.78, 5) is 28.4. The Kier molecular flexibility index (Phi) is 4.50. The summed E-state index contributed by atoms with van der Waals surface area (Å²) in [5, 5.41) is 0. The van der Waals surface area contributed by atoms with Gasteiger partial charge in [0.1, 0.15) is 12.3 Å². The van der Waals surface area contributed by atoms with Crippen molar-refractivity contribution in [2.24, 2.45) is 0 Å². The van der Waals surface area contributed by atoms with Gasteiger partial charge in [0, 0.05) is 11.8 Å². The van der Waals surface area contributed by atoms with Gasteiger partial charge in [-0.05, 0) is 43.3 Å². The Bertz CT molecular complexity index is 1020. The molecule has 1 aromatic carbocycles. The topological polar surface area (TPSA) is 60.7 Å². The molecule has 0 fully saturated rings. The molecular formula is C18H13F3N2O3. The van der Waals surface area contributed by atoms with Crippen molar-refractivity contribution in [3.8, 4) is 0 Å². The van der Waals surface area contributed by atoms with E-state index in [-0.39, 0.29) is 23.4 Å². The molecule has 2 heterocycles. The number of esters is 1. The van der Waals surface area contributed by atoms with Crippen molar-refractivity contribution in [2.45, 2.75) is 19.7 Å². The lowest BCUT2D eigenvalue weighted by Crippen LogP contribution is -2.18. The van der Waals surface area contributed by atoms with E-state index in [1.54, 1.807) is 25.1 Å². The van der Waals surface area contributed by atoms with Crippen molar-refractivity contribution in [3.05, 3.63) is 81.4 Å². The van der Waals surface area contributed by atoms with Crippen LogP contribution in [0, 0.1) is 6.92 Å². The van der Waals surface area contributed by atoms with Gasteiger partial charge in [-0.25, -0.2) is 9.78 Å². The highest BCUT2D eigenvalue weighted by Crippen LogP contribution is 2.29. The number of pyridine rings is 1. The van der Waals surface area contributed by atoms with E-state index in [0.717, 1.165) is 24.3 Å². The van der Waals surface area contributed by atoms with Crippen LogP contribution in [-0.2, 0) is 17.5 Å². The molecule has 0 aliphatic rings. The van der Waals surface area contributed by atoms with Gasteiger partial charge in [0.2, 0.25) is 0 Å². The first-order valence-electron chi connectivity index (χ1n) is 7.58. The van der Waals surface area contributed by atoms with Crippen LogP contribution in [-0.4, -0.2) is 15.4 Å². The van der Waals surface area contributed by atoms with Gasteiger partial charge in [-0.1, -0.05) is 6.07 Å². The second-order valence-electron chi connectivity index (χ2n) is 5.60. The van der Waals surface area contributed by atoms with Crippen LogP contribution in [0.3, 0.4) is 0 Å². The molecule has 0 N–H and O–H groups in total. The molecule has 2 aromatic heterocycles. The molecule has 0 aliphatic carbocycles. The molecule has 0 bridgehead atoms. The largest absolute Gasteiger partial charge is 0.456 e. The van der Waals surface area contributed by atoms with Crippen LogP contribution in [0.2, 0.25) is 0 Å². The van der Waals surface area contributed by atoms with Crippen LogP contribution in [0.4, 0.5) is 13.2 Å². The van der Waals surface area contributed by atoms with E-state index >= 15 is 0 Å². The van der Waals surface area contributed by atoms with E-state index in [1.807, 2.05) is 0 Å². The van der Waals surface area contributed by atoms with Crippen molar-refractivity contribution in [1.82, 2.24) is 9.38 Å². The molecule has 0 spiro atoms. The van der Waals surface area contributed by atoms with E-state index in [2.05, 4.69) is 4.98 Å². The average Bonchev–Trinajstić information content (AvgIpc) is 2.59. The van der Waals surface area contributed by atoms with Gasteiger partial charge in [0.25, 0.3) is 5.56 Å². The predicted octanol–water partition coefficient (Wildman–Crippen LogP) is 3.38. The Hall–Kier alpha value is -3.16. The van der Waals surface area contributed by atoms with E-state index in [4.69, 9.17) is 4.74 Å². The summed E-state index contributed by atoms with van der Waals surface area (Å²) in [5.41, 5.74) is 0.195. The SMILES string of the molecule is Cc1cccc2nc(COC(=O)c3ccc(C(F)(F)F)cc3)cc(=O)n12. The van der Waals surface area contributed by atoms with E-state index in [1.165, 1.54) is 10.5 Å². The van der Waals surface area contributed by atoms with Crippen molar-refractivity contribution in [2.75, 3.05) is 0 Å². The monoisotopic (exact) mass is 362 g/mol. The average molecular weight is 362 g/mol. The van der Waals surface area contributed by atoms with Crippen LogP contribution in [0.5, 0.6) is 0 Å². The zero-order chi connectivity index (χ0) is 18.9. The third-order valence-electron chi connectivity index (χ3n) is 3.73. The molecule has 0 saturated heterocycles. The number of alkyl halides is 3. The number of benzene rings is 1. The number of carbonyl (C=O) groups is 1. The lowest BCUT2D eigenvalue weighted by atomic mass is 10.1. The quantitative estimate of drug-likeness (QED) is 0.670. The van der Waals surface area contributed by atoms with Crippen molar-refractivity contribution in [1.29, 1.82) is 0 Å². The fourth-order valence-corrected chi connectivity index (χ4v) is 2.46. The van der Waals surface area contributed by atoms with Crippen molar-refractivity contribution in [3.63, 3.8) is 0 Å². The molecule has 0 unspecified atom stereocenters. The van der Waals surface area contributed by atoms with E-state index < -0.39 is 17.7 Å². The summed E-state index contributed by atoms with van der Waals surface area (Å²) in [5.74, 6) is -0.801. The Balaban J connectivity index is 1.76. The Morgan fingerprint density at radius 3 is 2.50 bits per heavy atom. The van der Waals surface area contributed by atoms with Gasteiger partial charge in [-0.15, -0.1) is 0 Å². The van der Waals surface area contributed by atoms with Gasteiger partial charge in [0.05, 0.1) is 16.8 Å².